The second-order valence-electron chi connectivity index (χ2n) is 3.93. The van der Waals surface area contributed by atoms with Crippen LogP contribution >= 0.6 is 11.3 Å². The Morgan fingerprint density at radius 3 is 2.71 bits per heavy atom. The van der Waals surface area contributed by atoms with Crippen LogP contribution < -0.4 is 11.1 Å². The Kier molecular flexibility index (Phi) is 3.58. The van der Waals surface area contributed by atoms with E-state index in [1.54, 1.807) is 16.5 Å². The highest BCUT2D eigenvalue weighted by Gasteiger charge is 2.25. The second-order valence-corrected chi connectivity index (χ2v) is 4.83. The molecule has 1 aromatic heterocycles. The molecule has 0 saturated carbocycles. The molecule has 92 valence electrons. The van der Waals surface area contributed by atoms with Crippen LogP contribution in [0.3, 0.4) is 0 Å². The highest BCUT2D eigenvalue weighted by Crippen LogP contribution is 2.18. The van der Waals surface area contributed by atoms with E-state index in [9.17, 15) is 9.59 Å². The summed E-state index contributed by atoms with van der Waals surface area (Å²) in [6, 6.07) is -0.164. The van der Waals surface area contributed by atoms with Crippen molar-refractivity contribution in [1.82, 2.24) is 9.88 Å². The molecule has 0 radical (unpaired) electrons. The van der Waals surface area contributed by atoms with Gasteiger partial charge >= 0.3 is 6.03 Å². The van der Waals surface area contributed by atoms with Gasteiger partial charge in [-0.2, -0.15) is 0 Å². The van der Waals surface area contributed by atoms with Crippen molar-refractivity contribution in [3.05, 3.63) is 11.6 Å². The Morgan fingerprint density at radius 2 is 2.18 bits per heavy atom. The van der Waals surface area contributed by atoms with Gasteiger partial charge in [-0.25, -0.2) is 9.78 Å². The molecular formula is C10H14N4O2S. The standard InChI is InChI=1S/C10H14N4O2S/c11-8(15)7-1-4-14(5-2-7)10(16)13-9-12-3-6-17-9/h3,6-7H,1-2,4-5H2,(H2,11,15)(H,12,13,16). The predicted octanol–water partition coefficient (Wildman–Crippen LogP) is 0.872. The Morgan fingerprint density at radius 1 is 1.47 bits per heavy atom. The first kappa shape index (κ1) is 11.8. The monoisotopic (exact) mass is 254 g/mol. The summed E-state index contributed by atoms with van der Waals surface area (Å²) in [6.07, 6.45) is 2.92. The minimum absolute atomic E-state index is 0.0982. The number of carbonyl (C=O) groups excluding carboxylic acids is 2. The number of likely N-dealkylation sites (tertiary alicyclic amines) is 1. The number of primary amides is 1. The smallest absolute Gasteiger partial charge is 0.323 e. The van der Waals surface area contributed by atoms with Crippen molar-refractivity contribution >= 4 is 28.4 Å². The Labute approximate surface area is 103 Å². The zero-order valence-electron chi connectivity index (χ0n) is 9.26. The summed E-state index contributed by atoms with van der Waals surface area (Å²) in [4.78, 5) is 28.5. The number of anilines is 1. The van der Waals surface area contributed by atoms with E-state index in [2.05, 4.69) is 10.3 Å². The van der Waals surface area contributed by atoms with Gasteiger partial charge in [-0.05, 0) is 12.8 Å². The van der Waals surface area contributed by atoms with Gasteiger partial charge in [0.05, 0.1) is 0 Å². The quantitative estimate of drug-likeness (QED) is 0.820. The van der Waals surface area contributed by atoms with E-state index in [-0.39, 0.29) is 17.9 Å². The van der Waals surface area contributed by atoms with Crippen LogP contribution in [0.5, 0.6) is 0 Å². The number of rotatable bonds is 2. The number of hydrogen-bond donors (Lipinski definition) is 2. The van der Waals surface area contributed by atoms with Crippen molar-refractivity contribution in [3.8, 4) is 0 Å². The van der Waals surface area contributed by atoms with Crippen molar-refractivity contribution in [2.45, 2.75) is 12.8 Å². The summed E-state index contributed by atoms with van der Waals surface area (Å²) < 4.78 is 0. The topological polar surface area (TPSA) is 88.3 Å². The van der Waals surface area contributed by atoms with E-state index in [1.807, 2.05) is 0 Å². The van der Waals surface area contributed by atoms with Crippen LogP contribution in [-0.4, -0.2) is 34.9 Å². The fourth-order valence-corrected chi connectivity index (χ4v) is 2.34. The lowest BCUT2D eigenvalue weighted by Crippen LogP contribution is -2.43. The Balaban J connectivity index is 1.84. The highest BCUT2D eigenvalue weighted by molar-refractivity contribution is 7.13. The Hall–Kier alpha value is -1.63. The number of nitrogens with two attached hydrogens (primary N) is 1. The van der Waals surface area contributed by atoms with Gasteiger partial charge in [0.15, 0.2) is 5.13 Å². The van der Waals surface area contributed by atoms with Crippen LogP contribution in [0.4, 0.5) is 9.93 Å². The van der Waals surface area contributed by atoms with E-state index in [1.165, 1.54) is 11.3 Å². The van der Waals surface area contributed by atoms with Gasteiger partial charge < -0.3 is 10.6 Å². The van der Waals surface area contributed by atoms with Gasteiger partial charge in [0.25, 0.3) is 0 Å². The fraction of sp³-hybridized carbons (Fsp3) is 0.500. The summed E-state index contributed by atoms with van der Waals surface area (Å²) in [7, 11) is 0. The molecule has 1 saturated heterocycles. The van der Waals surface area contributed by atoms with Crippen LogP contribution in [0.25, 0.3) is 0 Å². The van der Waals surface area contributed by atoms with Gasteiger partial charge in [-0.3, -0.25) is 10.1 Å². The number of piperidine rings is 1. The molecule has 0 spiro atoms. The lowest BCUT2D eigenvalue weighted by atomic mass is 9.96. The first-order valence-corrected chi connectivity index (χ1v) is 6.29. The van der Waals surface area contributed by atoms with Crippen LogP contribution in [0.15, 0.2) is 11.6 Å². The first-order valence-electron chi connectivity index (χ1n) is 5.41. The molecule has 0 unspecified atom stereocenters. The third kappa shape index (κ3) is 2.94. The molecule has 17 heavy (non-hydrogen) atoms. The third-order valence-corrected chi connectivity index (χ3v) is 3.52. The summed E-state index contributed by atoms with van der Waals surface area (Å²) in [6.45, 7) is 1.12. The molecule has 6 nitrogen and oxygen atoms in total. The Bertz CT molecular complexity index is 398. The second kappa shape index (κ2) is 5.13. The molecule has 0 atom stereocenters. The fourth-order valence-electron chi connectivity index (χ4n) is 1.82. The van der Waals surface area contributed by atoms with Gasteiger partial charge in [-0.15, -0.1) is 11.3 Å². The maximum Gasteiger partial charge on any atom is 0.323 e. The molecule has 3 N–H and O–H groups in total. The number of carbonyl (C=O) groups is 2. The minimum atomic E-state index is -0.273. The molecule has 1 aliphatic heterocycles. The molecule has 2 rings (SSSR count). The highest BCUT2D eigenvalue weighted by atomic mass is 32.1. The SMILES string of the molecule is NC(=O)C1CCN(C(=O)Nc2nccs2)CC1. The normalized spacial score (nSPS) is 16.8. The van der Waals surface area contributed by atoms with Crippen LogP contribution in [0.2, 0.25) is 0 Å². The number of thiazole rings is 1. The van der Waals surface area contributed by atoms with E-state index in [4.69, 9.17) is 5.73 Å². The van der Waals surface area contributed by atoms with Crippen molar-refractivity contribution in [1.29, 1.82) is 0 Å². The van der Waals surface area contributed by atoms with E-state index >= 15 is 0 Å². The van der Waals surface area contributed by atoms with Crippen molar-refractivity contribution in [2.24, 2.45) is 11.7 Å². The maximum absolute atomic E-state index is 11.8. The lowest BCUT2D eigenvalue weighted by molar-refractivity contribution is -0.122. The summed E-state index contributed by atoms with van der Waals surface area (Å²) in [5.74, 6) is -0.371. The zero-order valence-corrected chi connectivity index (χ0v) is 10.1. The van der Waals surface area contributed by atoms with Crippen molar-refractivity contribution < 1.29 is 9.59 Å². The largest absolute Gasteiger partial charge is 0.369 e. The van der Waals surface area contributed by atoms with Gasteiger partial charge in [-0.1, -0.05) is 0 Å². The molecule has 1 aliphatic rings. The minimum Gasteiger partial charge on any atom is -0.369 e. The number of nitrogens with zero attached hydrogens (tertiary/aromatic N) is 2. The number of aromatic nitrogens is 1. The molecule has 0 aromatic carbocycles. The molecule has 1 fully saturated rings. The molecule has 7 heteroatoms. The van der Waals surface area contributed by atoms with E-state index in [0.717, 1.165) is 0 Å². The van der Waals surface area contributed by atoms with E-state index < -0.39 is 0 Å². The molecule has 3 amide bonds. The third-order valence-electron chi connectivity index (χ3n) is 2.83. The number of nitrogens with one attached hydrogen (secondary N) is 1. The number of urea groups is 1. The summed E-state index contributed by atoms with van der Waals surface area (Å²) in [5.41, 5.74) is 5.23. The maximum atomic E-state index is 11.8. The lowest BCUT2D eigenvalue weighted by Gasteiger charge is -2.30. The van der Waals surface area contributed by atoms with Crippen LogP contribution in [-0.2, 0) is 4.79 Å². The van der Waals surface area contributed by atoms with Crippen LogP contribution in [0.1, 0.15) is 12.8 Å². The molecular weight excluding hydrogens is 240 g/mol. The average molecular weight is 254 g/mol. The molecule has 0 bridgehead atoms. The predicted molar refractivity (Wildman–Crippen MR) is 64.6 cm³/mol. The van der Waals surface area contributed by atoms with Crippen molar-refractivity contribution in [3.63, 3.8) is 0 Å². The zero-order chi connectivity index (χ0) is 12.3. The first-order chi connectivity index (χ1) is 8.16. The summed E-state index contributed by atoms with van der Waals surface area (Å²) >= 11 is 1.38. The number of amides is 3. The van der Waals surface area contributed by atoms with Gasteiger partial charge in [0, 0.05) is 30.6 Å². The molecule has 2 heterocycles. The molecule has 1 aromatic rings. The van der Waals surface area contributed by atoms with E-state index in [0.29, 0.717) is 31.1 Å². The number of hydrogen-bond acceptors (Lipinski definition) is 4. The summed E-state index contributed by atoms with van der Waals surface area (Å²) in [5, 5.41) is 5.10. The van der Waals surface area contributed by atoms with Crippen molar-refractivity contribution in [2.75, 3.05) is 18.4 Å². The average Bonchev–Trinajstić information content (AvgIpc) is 2.82. The van der Waals surface area contributed by atoms with Gasteiger partial charge in [0.1, 0.15) is 0 Å². The van der Waals surface area contributed by atoms with Crippen LogP contribution in [0, 0.1) is 5.92 Å². The van der Waals surface area contributed by atoms with Gasteiger partial charge in [0.2, 0.25) is 5.91 Å². The molecule has 0 aliphatic carbocycles.